The topological polar surface area (TPSA) is 88.6 Å². The molecule has 7 nitrogen and oxygen atoms in total. The monoisotopic (exact) mass is 499 g/mol. The average molecular weight is 500 g/mol. The van der Waals surface area contributed by atoms with Gasteiger partial charge in [-0.05, 0) is 53.9 Å². The van der Waals surface area contributed by atoms with Crippen molar-refractivity contribution in [3.8, 4) is 5.75 Å². The lowest BCUT2D eigenvalue weighted by Gasteiger charge is -2.22. The predicted octanol–water partition coefficient (Wildman–Crippen LogP) is 4.36. The molecule has 0 fully saturated rings. The number of carbonyl (C=O) groups is 1. The number of hydrogen-bond donors (Lipinski definition) is 1. The summed E-state index contributed by atoms with van der Waals surface area (Å²) >= 11 is 0. The molecule has 0 radical (unpaired) electrons. The molecule has 8 heteroatoms. The van der Waals surface area contributed by atoms with Crippen molar-refractivity contribution >= 4 is 21.6 Å². The van der Waals surface area contributed by atoms with Crippen LogP contribution >= 0.6 is 0 Å². The van der Waals surface area contributed by atoms with Crippen LogP contribution in [0.2, 0.25) is 0 Å². The minimum atomic E-state index is -3.88. The van der Waals surface area contributed by atoms with Gasteiger partial charge >= 0.3 is 0 Å². The first-order valence-electron chi connectivity index (χ1n) is 11.5. The molecule has 2 heterocycles. The Hall–Kier alpha value is -4.17. The molecule has 1 N–H and O–H groups in total. The highest BCUT2D eigenvalue weighted by Gasteiger charge is 2.32. The van der Waals surface area contributed by atoms with Crippen LogP contribution < -0.4 is 14.4 Å². The van der Waals surface area contributed by atoms with Crippen molar-refractivity contribution in [1.29, 1.82) is 0 Å². The van der Waals surface area contributed by atoms with Crippen LogP contribution in [0.3, 0.4) is 0 Å². The number of methoxy groups -OCH3 is 1. The SMILES string of the molecule is COc1ccc(S(=O)(=O)N2CCc3ccccc32)cc1C(=O)NC(c1ccccc1)c1ccccn1. The van der Waals surface area contributed by atoms with E-state index in [4.69, 9.17) is 4.74 Å². The van der Waals surface area contributed by atoms with Gasteiger partial charge in [-0.15, -0.1) is 0 Å². The Morgan fingerprint density at radius 1 is 0.972 bits per heavy atom. The first kappa shape index (κ1) is 23.6. The number of pyridine rings is 1. The fraction of sp³-hybridized carbons (Fsp3) is 0.143. The number of sulfonamides is 1. The maximum Gasteiger partial charge on any atom is 0.264 e. The third kappa shape index (κ3) is 4.43. The van der Waals surface area contributed by atoms with Gasteiger partial charge in [-0.1, -0.05) is 54.6 Å². The fourth-order valence-corrected chi connectivity index (χ4v) is 5.97. The van der Waals surface area contributed by atoms with Crippen molar-refractivity contribution in [2.45, 2.75) is 17.4 Å². The molecule has 3 aromatic carbocycles. The Bertz CT molecular complexity index is 1450. The lowest BCUT2D eigenvalue weighted by atomic mass is 10.0. The fourth-order valence-electron chi connectivity index (χ4n) is 4.44. The molecule has 1 aliphatic rings. The maximum absolute atomic E-state index is 13.6. The molecule has 0 aliphatic carbocycles. The molecule has 1 amide bonds. The van der Waals surface area contributed by atoms with E-state index in [9.17, 15) is 13.2 Å². The van der Waals surface area contributed by atoms with Crippen LogP contribution in [0.1, 0.15) is 33.2 Å². The van der Waals surface area contributed by atoms with E-state index < -0.39 is 22.0 Å². The molecular weight excluding hydrogens is 474 g/mol. The number of carbonyl (C=O) groups excluding carboxylic acids is 1. The second kappa shape index (κ2) is 9.83. The number of nitrogens with zero attached hydrogens (tertiary/aromatic N) is 2. The van der Waals surface area contributed by atoms with Gasteiger partial charge in [0.05, 0.1) is 35.0 Å². The van der Waals surface area contributed by atoms with Gasteiger partial charge in [0.1, 0.15) is 5.75 Å². The number of nitrogens with one attached hydrogen (secondary N) is 1. The number of aromatic nitrogens is 1. The van der Waals surface area contributed by atoms with Crippen LogP contribution in [-0.2, 0) is 16.4 Å². The molecule has 4 aromatic rings. The van der Waals surface area contributed by atoms with Crippen molar-refractivity contribution in [2.75, 3.05) is 18.0 Å². The van der Waals surface area contributed by atoms with E-state index >= 15 is 0 Å². The van der Waals surface area contributed by atoms with E-state index in [2.05, 4.69) is 10.3 Å². The van der Waals surface area contributed by atoms with Crippen molar-refractivity contribution < 1.29 is 17.9 Å². The van der Waals surface area contributed by atoms with Gasteiger partial charge in [0, 0.05) is 12.7 Å². The number of ether oxygens (including phenoxy) is 1. The number of fused-ring (bicyclic) bond motifs is 1. The number of amides is 1. The zero-order chi connectivity index (χ0) is 25.1. The van der Waals surface area contributed by atoms with Gasteiger partial charge in [-0.3, -0.25) is 14.1 Å². The Kier molecular flexibility index (Phi) is 6.43. The molecule has 36 heavy (non-hydrogen) atoms. The van der Waals surface area contributed by atoms with Crippen LogP contribution in [0.25, 0.3) is 0 Å². The molecule has 1 aliphatic heterocycles. The van der Waals surface area contributed by atoms with Gasteiger partial charge in [0.15, 0.2) is 0 Å². The summed E-state index contributed by atoms with van der Waals surface area (Å²) in [5, 5.41) is 3.01. The zero-order valence-electron chi connectivity index (χ0n) is 19.7. The first-order chi connectivity index (χ1) is 17.5. The molecule has 182 valence electrons. The number of rotatable bonds is 7. The molecule has 5 rings (SSSR count). The van der Waals surface area contributed by atoms with Gasteiger partial charge in [-0.25, -0.2) is 8.42 Å². The van der Waals surface area contributed by atoms with Crippen molar-refractivity contribution in [2.24, 2.45) is 0 Å². The molecule has 1 unspecified atom stereocenters. The average Bonchev–Trinajstić information content (AvgIpc) is 3.37. The number of anilines is 1. The highest BCUT2D eigenvalue weighted by atomic mass is 32.2. The first-order valence-corrected chi connectivity index (χ1v) is 13.0. The summed E-state index contributed by atoms with van der Waals surface area (Å²) in [6, 6.07) is 26.3. The molecule has 0 spiro atoms. The number of benzene rings is 3. The molecule has 0 saturated carbocycles. The third-order valence-corrected chi connectivity index (χ3v) is 8.05. The number of para-hydroxylation sites is 1. The van der Waals surface area contributed by atoms with Crippen LogP contribution in [0.4, 0.5) is 5.69 Å². The van der Waals surface area contributed by atoms with Crippen molar-refractivity contribution in [1.82, 2.24) is 10.3 Å². The summed E-state index contributed by atoms with van der Waals surface area (Å²) in [5.74, 6) is -0.189. The molecule has 0 bridgehead atoms. The van der Waals surface area contributed by atoms with Crippen molar-refractivity contribution in [3.05, 3.63) is 120 Å². The Balaban J connectivity index is 1.51. The quantitative estimate of drug-likeness (QED) is 0.408. The highest BCUT2D eigenvalue weighted by molar-refractivity contribution is 7.92. The summed E-state index contributed by atoms with van der Waals surface area (Å²) < 4.78 is 34.0. The highest BCUT2D eigenvalue weighted by Crippen LogP contribution is 2.34. The Morgan fingerprint density at radius 2 is 1.72 bits per heavy atom. The zero-order valence-corrected chi connectivity index (χ0v) is 20.5. The lowest BCUT2D eigenvalue weighted by Crippen LogP contribution is -2.31. The standard InChI is InChI=1S/C28H25N3O4S/c1-35-26-15-14-22(36(33,34)31-18-16-20-9-5-6-13-25(20)31)19-23(26)28(32)30-27(21-10-3-2-4-11-21)24-12-7-8-17-29-24/h2-15,17,19,27H,16,18H2,1H3,(H,30,32). The smallest absolute Gasteiger partial charge is 0.264 e. The van der Waals surface area contributed by atoms with E-state index in [1.807, 2.05) is 60.7 Å². The third-order valence-electron chi connectivity index (χ3n) is 6.24. The van der Waals surface area contributed by atoms with E-state index in [-0.39, 0.29) is 16.2 Å². The molecule has 1 aromatic heterocycles. The summed E-state index contributed by atoms with van der Waals surface area (Å²) in [5.41, 5.74) is 3.28. The number of hydrogen-bond acceptors (Lipinski definition) is 5. The van der Waals surface area contributed by atoms with Crippen LogP contribution in [0, 0.1) is 0 Å². The van der Waals surface area contributed by atoms with Crippen LogP contribution in [0.5, 0.6) is 5.75 Å². The summed E-state index contributed by atoms with van der Waals surface area (Å²) in [4.78, 5) is 18.0. The van der Waals surface area contributed by atoms with Crippen LogP contribution in [-0.4, -0.2) is 33.0 Å². The van der Waals surface area contributed by atoms with E-state index in [0.29, 0.717) is 24.3 Å². The van der Waals surface area contributed by atoms with E-state index in [0.717, 1.165) is 11.1 Å². The van der Waals surface area contributed by atoms with Gasteiger partial charge < -0.3 is 10.1 Å². The van der Waals surface area contributed by atoms with E-state index in [1.54, 1.807) is 18.3 Å². The van der Waals surface area contributed by atoms with Crippen LogP contribution in [0.15, 0.2) is 102 Å². The largest absolute Gasteiger partial charge is 0.496 e. The van der Waals surface area contributed by atoms with Gasteiger partial charge in [-0.2, -0.15) is 0 Å². The normalized spacial score (nSPS) is 13.6. The molecule has 1 atom stereocenters. The minimum absolute atomic E-state index is 0.0271. The maximum atomic E-state index is 13.6. The molecule has 0 saturated heterocycles. The van der Waals surface area contributed by atoms with Gasteiger partial charge in [0.2, 0.25) is 0 Å². The second-order valence-electron chi connectivity index (χ2n) is 8.39. The summed E-state index contributed by atoms with van der Waals surface area (Å²) in [7, 11) is -2.43. The Morgan fingerprint density at radius 3 is 2.47 bits per heavy atom. The Labute approximate surface area is 210 Å². The van der Waals surface area contributed by atoms with Crippen molar-refractivity contribution in [3.63, 3.8) is 0 Å². The summed E-state index contributed by atoms with van der Waals surface area (Å²) in [6.07, 6.45) is 2.31. The lowest BCUT2D eigenvalue weighted by molar-refractivity contribution is 0.0939. The second-order valence-corrected chi connectivity index (χ2v) is 10.3. The summed E-state index contributed by atoms with van der Waals surface area (Å²) in [6.45, 7) is 0.352. The van der Waals surface area contributed by atoms with E-state index in [1.165, 1.54) is 29.6 Å². The van der Waals surface area contributed by atoms with Gasteiger partial charge in [0.25, 0.3) is 15.9 Å². The predicted molar refractivity (Wildman–Crippen MR) is 138 cm³/mol. The minimum Gasteiger partial charge on any atom is -0.496 e. The molecular formula is C28H25N3O4S.